The van der Waals surface area contributed by atoms with E-state index in [9.17, 15) is 5.11 Å². The lowest BCUT2D eigenvalue weighted by Gasteiger charge is -2.17. The first-order valence-electron chi connectivity index (χ1n) is 6.43. The first kappa shape index (κ1) is 13.2. The molecule has 4 heteroatoms. The number of hydrogen-bond acceptors (Lipinski definition) is 4. The van der Waals surface area contributed by atoms with Crippen LogP contribution in [-0.2, 0) is 11.3 Å². The second kappa shape index (κ2) is 6.07. The van der Waals surface area contributed by atoms with Crippen LogP contribution in [0.1, 0.15) is 18.9 Å². The first-order valence-corrected chi connectivity index (χ1v) is 6.43. The third kappa shape index (κ3) is 2.94. The number of hydrogen-bond donors (Lipinski definition) is 1. The first-order chi connectivity index (χ1) is 8.74. The van der Waals surface area contributed by atoms with Crippen LogP contribution in [-0.4, -0.2) is 42.9 Å². The zero-order valence-electron chi connectivity index (χ0n) is 11.1. The van der Waals surface area contributed by atoms with Crippen LogP contribution in [0.25, 0.3) is 0 Å². The Labute approximate surface area is 108 Å². The topological polar surface area (TPSA) is 41.9 Å². The third-order valence-corrected chi connectivity index (χ3v) is 3.34. The molecular weight excluding hydrogens is 230 g/mol. The number of phenolic OH excluding ortho intramolecular Hbond substituents is 1. The molecule has 0 aromatic heterocycles. The van der Waals surface area contributed by atoms with Crippen molar-refractivity contribution < 1.29 is 14.6 Å². The maximum atomic E-state index is 10.1. The molecule has 1 heterocycles. The highest BCUT2D eigenvalue weighted by molar-refractivity contribution is 5.45. The van der Waals surface area contributed by atoms with Gasteiger partial charge in [0.2, 0.25) is 0 Å². The van der Waals surface area contributed by atoms with Crippen molar-refractivity contribution in [1.29, 1.82) is 0 Å². The van der Waals surface area contributed by atoms with Crippen LogP contribution < -0.4 is 4.74 Å². The molecule has 1 unspecified atom stereocenters. The third-order valence-electron chi connectivity index (χ3n) is 3.34. The molecule has 1 N–H and O–H groups in total. The summed E-state index contributed by atoms with van der Waals surface area (Å²) in [6.07, 6.45) is 1.38. The van der Waals surface area contributed by atoms with Crippen molar-refractivity contribution in [3.8, 4) is 11.5 Å². The largest absolute Gasteiger partial charge is 0.504 e. The lowest BCUT2D eigenvalue weighted by molar-refractivity contribution is 0.107. The van der Waals surface area contributed by atoms with Crippen molar-refractivity contribution in [2.24, 2.45) is 0 Å². The fraction of sp³-hybridized carbons (Fsp3) is 0.571. The second-order valence-corrected chi connectivity index (χ2v) is 4.58. The maximum absolute atomic E-state index is 10.1. The Hall–Kier alpha value is -1.26. The summed E-state index contributed by atoms with van der Waals surface area (Å²) in [5.74, 6) is 0.831. The van der Waals surface area contributed by atoms with E-state index < -0.39 is 0 Å². The fourth-order valence-corrected chi connectivity index (χ4v) is 2.34. The summed E-state index contributed by atoms with van der Waals surface area (Å²) in [5.41, 5.74) is 0.915. The zero-order chi connectivity index (χ0) is 13.0. The van der Waals surface area contributed by atoms with Gasteiger partial charge < -0.3 is 14.6 Å². The Morgan fingerprint density at radius 1 is 1.44 bits per heavy atom. The minimum atomic E-state index is 0.264. The molecule has 0 bridgehead atoms. The van der Waals surface area contributed by atoms with E-state index in [0.29, 0.717) is 18.5 Å². The summed E-state index contributed by atoms with van der Waals surface area (Å²) in [6, 6.07) is 5.66. The van der Waals surface area contributed by atoms with Gasteiger partial charge in [0.1, 0.15) is 0 Å². The van der Waals surface area contributed by atoms with Crippen LogP contribution in [0, 0.1) is 0 Å². The van der Waals surface area contributed by atoms with Crippen molar-refractivity contribution in [3.63, 3.8) is 0 Å². The van der Waals surface area contributed by atoms with Gasteiger partial charge in [-0.1, -0.05) is 12.1 Å². The smallest absolute Gasteiger partial charge is 0.162 e. The van der Waals surface area contributed by atoms with Gasteiger partial charge in [-0.15, -0.1) is 0 Å². The molecule has 0 aliphatic carbocycles. The lowest BCUT2D eigenvalue weighted by Crippen LogP contribution is -2.22. The van der Waals surface area contributed by atoms with Gasteiger partial charge in [-0.25, -0.2) is 0 Å². The SMILES string of the molecule is CCOc1cccc(CN2CCC(OC)C2)c1O. The van der Waals surface area contributed by atoms with Gasteiger partial charge in [0.05, 0.1) is 12.7 Å². The number of rotatable bonds is 5. The average molecular weight is 251 g/mol. The Bertz CT molecular complexity index is 395. The average Bonchev–Trinajstić information content (AvgIpc) is 2.82. The molecule has 1 fully saturated rings. The van der Waals surface area contributed by atoms with Crippen LogP contribution in [0.15, 0.2) is 18.2 Å². The Morgan fingerprint density at radius 3 is 2.94 bits per heavy atom. The molecule has 1 aromatic carbocycles. The van der Waals surface area contributed by atoms with Crippen molar-refractivity contribution in [2.75, 3.05) is 26.8 Å². The molecule has 1 aliphatic rings. The van der Waals surface area contributed by atoms with Crippen LogP contribution in [0.4, 0.5) is 0 Å². The Balaban J connectivity index is 2.03. The van der Waals surface area contributed by atoms with Gasteiger partial charge in [0, 0.05) is 32.3 Å². The molecule has 1 aliphatic heterocycles. The predicted octanol–water partition coefficient (Wildman–Crippen LogP) is 2.01. The molecule has 1 aromatic rings. The molecule has 18 heavy (non-hydrogen) atoms. The number of nitrogens with zero attached hydrogens (tertiary/aromatic N) is 1. The van der Waals surface area contributed by atoms with Crippen molar-refractivity contribution in [1.82, 2.24) is 4.90 Å². The number of ether oxygens (including phenoxy) is 2. The molecule has 1 atom stereocenters. The van der Waals surface area contributed by atoms with E-state index in [2.05, 4.69) is 4.90 Å². The van der Waals surface area contributed by atoms with Crippen molar-refractivity contribution >= 4 is 0 Å². The van der Waals surface area contributed by atoms with Crippen molar-refractivity contribution in [3.05, 3.63) is 23.8 Å². The van der Waals surface area contributed by atoms with Gasteiger partial charge >= 0.3 is 0 Å². The number of methoxy groups -OCH3 is 1. The highest BCUT2D eigenvalue weighted by Gasteiger charge is 2.23. The molecule has 1 saturated heterocycles. The van der Waals surface area contributed by atoms with E-state index in [4.69, 9.17) is 9.47 Å². The van der Waals surface area contributed by atoms with Crippen LogP contribution in [0.5, 0.6) is 11.5 Å². The van der Waals surface area contributed by atoms with Crippen LogP contribution in [0.2, 0.25) is 0 Å². The normalized spacial score (nSPS) is 20.2. The van der Waals surface area contributed by atoms with Gasteiger partial charge in [0.15, 0.2) is 11.5 Å². The lowest BCUT2D eigenvalue weighted by atomic mass is 10.1. The van der Waals surface area contributed by atoms with Crippen LogP contribution >= 0.6 is 0 Å². The molecule has 2 rings (SSSR count). The Kier molecular flexibility index (Phi) is 4.44. The molecule has 0 saturated carbocycles. The molecule has 0 amide bonds. The summed E-state index contributed by atoms with van der Waals surface area (Å²) < 4.78 is 10.7. The quantitative estimate of drug-likeness (QED) is 0.869. The molecule has 100 valence electrons. The van der Waals surface area contributed by atoms with Crippen LogP contribution in [0.3, 0.4) is 0 Å². The number of likely N-dealkylation sites (tertiary alicyclic amines) is 1. The summed E-state index contributed by atoms with van der Waals surface area (Å²) in [5, 5.41) is 10.1. The van der Waals surface area contributed by atoms with Gasteiger partial charge in [-0.3, -0.25) is 4.90 Å². The van der Waals surface area contributed by atoms with Gasteiger partial charge in [0.25, 0.3) is 0 Å². The van der Waals surface area contributed by atoms with E-state index in [0.717, 1.165) is 31.6 Å². The zero-order valence-corrected chi connectivity index (χ0v) is 11.1. The van der Waals surface area contributed by atoms with Crippen molar-refractivity contribution in [2.45, 2.75) is 26.0 Å². The fourth-order valence-electron chi connectivity index (χ4n) is 2.34. The van der Waals surface area contributed by atoms with E-state index in [1.807, 2.05) is 19.1 Å². The molecule has 0 radical (unpaired) electrons. The van der Waals surface area contributed by atoms with Gasteiger partial charge in [-0.05, 0) is 19.4 Å². The number of phenols is 1. The highest BCUT2D eigenvalue weighted by Crippen LogP contribution is 2.31. The molecule has 4 nitrogen and oxygen atoms in total. The summed E-state index contributed by atoms with van der Waals surface area (Å²) >= 11 is 0. The Morgan fingerprint density at radius 2 is 2.28 bits per heavy atom. The maximum Gasteiger partial charge on any atom is 0.162 e. The van der Waals surface area contributed by atoms with E-state index in [1.54, 1.807) is 13.2 Å². The van der Waals surface area contributed by atoms with Gasteiger partial charge in [-0.2, -0.15) is 0 Å². The van der Waals surface area contributed by atoms with E-state index in [-0.39, 0.29) is 5.75 Å². The number of benzene rings is 1. The van der Waals surface area contributed by atoms with E-state index in [1.165, 1.54) is 0 Å². The summed E-state index contributed by atoms with van der Waals surface area (Å²) in [6.45, 7) is 5.15. The molecular formula is C14H21NO3. The minimum Gasteiger partial charge on any atom is -0.504 e. The summed E-state index contributed by atoms with van der Waals surface area (Å²) in [7, 11) is 1.75. The standard InChI is InChI=1S/C14H21NO3/c1-3-18-13-6-4-5-11(14(13)16)9-15-8-7-12(10-15)17-2/h4-6,12,16H,3,7-10H2,1-2H3. The predicted molar refractivity (Wildman–Crippen MR) is 70.0 cm³/mol. The summed E-state index contributed by atoms with van der Waals surface area (Å²) in [4.78, 5) is 2.29. The monoisotopic (exact) mass is 251 g/mol. The van der Waals surface area contributed by atoms with E-state index >= 15 is 0 Å². The highest BCUT2D eigenvalue weighted by atomic mass is 16.5. The molecule has 0 spiro atoms. The minimum absolute atomic E-state index is 0.264. The second-order valence-electron chi connectivity index (χ2n) is 4.58. The number of aromatic hydroxyl groups is 1. The number of para-hydroxylation sites is 1.